The zero-order valence-electron chi connectivity index (χ0n) is 8.47. The summed E-state index contributed by atoms with van der Waals surface area (Å²) in [5.41, 5.74) is 1.17. The molecule has 0 amide bonds. The molecule has 0 aliphatic carbocycles. The van der Waals surface area contributed by atoms with E-state index >= 15 is 0 Å². The highest BCUT2D eigenvalue weighted by atomic mass is 32.1. The van der Waals surface area contributed by atoms with Crippen LogP contribution in [0.25, 0.3) is 11.4 Å². The number of nitrogens with zero attached hydrogens (tertiary/aromatic N) is 3. The molecule has 1 unspecified atom stereocenters. The van der Waals surface area contributed by atoms with E-state index < -0.39 is 0 Å². The Morgan fingerprint density at radius 3 is 3.27 bits per heavy atom. The molecular weight excluding hydrogens is 208 g/mol. The minimum Gasteiger partial charge on any atom is -0.308 e. The molecule has 4 nitrogen and oxygen atoms in total. The van der Waals surface area contributed by atoms with Gasteiger partial charge < -0.3 is 9.88 Å². The van der Waals surface area contributed by atoms with Gasteiger partial charge in [-0.1, -0.05) is 0 Å². The fourth-order valence-electron chi connectivity index (χ4n) is 1.98. The third-order valence-corrected chi connectivity index (χ3v) is 3.39. The van der Waals surface area contributed by atoms with E-state index in [1.165, 1.54) is 5.56 Å². The van der Waals surface area contributed by atoms with Gasteiger partial charge in [-0.2, -0.15) is 11.3 Å². The molecule has 0 bridgehead atoms. The Labute approximate surface area is 92.0 Å². The quantitative estimate of drug-likeness (QED) is 0.795. The van der Waals surface area contributed by atoms with E-state index in [1.807, 2.05) is 0 Å². The summed E-state index contributed by atoms with van der Waals surface area (Å²) in [6.07, 6.45) is 0. The lowest BCUT2D eigenvalue weighted by atomic mass is 10.2. The van der Waals surface area contributed by atoms with Crippen LogP contribution in [0.2, 0.25) is 0 Å². The first-order chi connectivity index (χ1) is 7.36. The predicted octanol–water partition coefficient (Wildman–Crippen LogP) is 1.67. The van der Waals surface area contributed by atoms with Crippen LogP contribution in [0.4, 0.5) is 0 Å². The molecule has 0 spiro atoms. The van der Waals surface area contributed by atoms with Gasteiger partial charge in [-0.3, -0.25) is 0 Å². The van der Waals surface area contributed by atoms with E-state index in [0.717, 1.165) is 24.7 Å². The van der Waals surface area contributed by atoms with Crippen molar-refractivity contribution in [3.05, 3.63) is 22.7 Å². The number of thiophene rings is 1. The van der Waals surface area contributed by atoms with Crippen molar-refractivity contribution in [1.82, 2.24) is 20.1 Å². The molecule has 15 heavy (non-hydrogen) atoms. The van der Waals surface area contributed by atoms with Crippen molar-refractivity contribution in [3.63, 3.8) is 0 Å². The third kappa shape index (κ3) is 1.39. The lowest BCUT2D eigenvalue weighted by molar-refractivity contribution is 0.425. The summed E-state index contributed by atoms with van der Waals surface area (Å²) < 4.78 is 2.23. The highest BCUT2D eigenvalue weighted by molar-refractivity contribution is 7.08. The maximum absolute atomic E-state index is 4.27. The average Bonchev–Trinajstić information content (AvgIpc) is 2.85. The molecule has 1 aliphatic heterocycles. The average molecular weight is 220 g/mol. The second-order valence-corrected chi connectivity index (χ2v) is 4.58. The molecule has 2 aromatic heterocycles. The number of rotatable bonds is 1. The van der Waals surface area contributed by atoms with E-state index in [1.54, 1.807) is 11.3 Å². The molecule has 2 aromatic rings. The molecular formula is C10H12N4S. The summed E-state index contributed by atoms with van der Waals surface area (Å²) in [4.78, 5) is 0. The van der Waals surface area contributed by atoms with Crippen LogP contribution in [0.1, 0.15) is 18.8 Å². The molecule has 1 aliphatic rings. The second kappa shape index (κ2) is 3.43. The fraction of sp³-hybridized carbons (Fsp3) is 0.400. The molecule has 1 atom stereocenters. The Bertz CT molecular complexity index is 460. The van der Waals surface area contributed by atoms with Crippen LogP contribution in [0, 0.1) is 0 Å². The Morgan fingerprint density at radius 1 is 1.53 bits per heavy atom. The highest BCUT2D eigenvalue weighted by Crippen LogP contribution is 2.25. The number of hydrogen-bond donors (Lipinski definition) is 1. The van der Waals surface area contributed by atoms with Crippen LogP contribution >= 0.6 is 11.3 Å². The molecule has 3 rings (SSSR count). The van der Waals surface area contributed by atoms with Gasteiger partial charge >= 0.3 is 0 Å². The lowest BCUT2D eigenvalue weighted by Crippen LogP contribution is -2.31. The number of hydrogen-bond acceptors (Lipinski definition) is 4. The van der Waals surface area contributed by atoms with E-state index in [-0.39, 0.29) is 0 Å². The summed E-state index contributed by atoms with van der Waals surface area (Å²) >= 11 is 1.69. The molecule has 5 heteroatoms. The zero-order valence-corrected chi connectivity index (χ0v) is 9.29. The van der Waals surface area contributed by atoms with Crippen LogP contribution in [-0.4, -0.2) is 21.3 Å². The van der Waals surface area contributed by atoms with Crippen molar-refractivity contribution < 1.29 is 0 Å². The normalized spacial score (nSPS) is 20.2. The summed E-state index contributed by atoms with van der Waals surface area (Å²) in [5, 5.41) is 16.0. The van der Waals surface area contributed by atoms with Crippen molar-refractivity contribution in [2.24, 2.45) is 0 Å². The van der Waals surface area contributed by atoms with E-state index in [4.69, 9.17) is 0 Å². The minimum atomic E-state index is 0.429. The van der Waals surface area contributed by atoms with Crippen molar-refractivity contribution in [3.8, 4) is 11.4 Å². The molecule has 3 heterocycles. The standard InChI is InChI=1S/C10H12N4S/c1-7-4-11-5-9-12-13-10(14(7)9)8-2-3-15-6-8/h2-3,6-7,11H,4-5H2,1H3. The van der Waals surface area contributed by atoms with Gasteiger partial charge in [0.1, 0.15) is 5.82 Å². The van der Waals surface area contributed by atoms with Gasteiger partial charge in [0.25, 0.3) is 0 Å². The zero-order chi connectivity index (χ0) is 10.3. The van der Waals surface area contributed by atoms with Crippen LogP contribution in [0.15, 0.2) is 16.8 Å². The van der Waals surface area contributed by atoms with Gasteiger partial charge in [-0.25, -0.2) is 0 Å². The fourth-order valence-corrected chi connectivity index (χ4v) is 2.61. The van der Waals surface area contributed by atoms with E-state index in [0.29, 0.717) is 6.04 Å². The monoisotopic (exact) mass is 220 g/mol. The van der Waals surface area contributed by atoms with Crippen molar-refractivity contribution in [2.45, 2.75) is 19.5 Å². The van der Waals surface area contributed by atoms with Crippen molar-refractivity contribution in [1.29, 1.82) is 0 Å². The predicted molar refractivity (Wildman–Crippen MR) is 59.8 cm³/mol. The second-order valence-electron chi connectivity index (χ2n) is 3.80. The van der Waals surface area contributed by atoms with Gasteiger partial charge in [0.05, 0.1) is 6.54 Å². The van der Waals surface area contributed by atoms with Crippen LogP contribution < -0.4 is 5.32 Å². The third-order valence-electron chi connectivity index (χ3n) is 2.71. The van der Waals surface area contributed by atoms with Gasteiger partial charge in [0.2, 0.25) is 0 Å². The molecule has 0 aromatic carbocycles. The maximum Gasteiger partial charge on any atom is 0.165 e. The number of nitrogens with one attached hydrogen (secondary N) is 1. The van der Waals surface area contributed by atoms with Crippen LogP contribution in [-0.2, 0) is 6.54 Å². The van der Waals surface area contributed by atoms with Crippen molar-refractivity contribution >= 4 is 11.3 Å². The molecule has 78 valence electrons. The molecule has 0 fully saturated rings. The SMILES string of the molecule is CC1CNCc2nnc(-c3ccsc3)n21. The van der Waals surface area contributed by atoms with Crippen LogP contribution in [0.3, 0.4) is 0 Å². The molecule has 1 N–H and O–H groups in total. The summed E-state index contributed by atoms with van der Waals surface area (Å²) in [6.45, 7) is 4.00. The first kappa shape index (κ1) is 9.06. The topological polar surface area (TPSA) is 42.7 Å². The lowest BCUT2D eigenvalue weighted by Gasteiger charge is -2.23. The Hall–Kier alpha value is -1.20. The summed E-state index contributed by atoms with van der Waals surface area (Å²) in [7, 11) is 0. The molecule has 0 saturated heterocycles. The van der Waals surface area contributed by atoms with Gasteiger partial charge in [0.15, 0.2) is 5.82 Å². The number of fused-ring (bicyclic) bond motifs is 1. The van der Waals surface area contributed by atoms with Crippen LogP contribution in [0.5, 0.6) is 0 Å². The Morgan fingerprint density at radius 2 is 2.47 bits per heavy atom. The number of aromatic nitrogens is 3. The Kier molecular flexibility index (Phi) is 2.07. The molecule has 0 radical (unpaired) electrons. The van der Waals surface area contributed by atoms with Gasteiger partial charge in [-0.15, -0.1) is 10.2 Å². The highest BCUT2D eigenvalue weighted by Gasteiger charge is 2.21. The van der Waals surface area contributed by atoms with Gasteiger partial charge in [0, 0.05) is 23.5 Å². The van der Waals surface area contributed by atoms with E-state index in [9.17, 15) is 0 Å². The summed E-state index contributed by atoms with van der Waals surface area (Å²) in [5.74, 6) is 2.04. The first-order valence-corrected chi connectivity index (χ1v) is 5.97. The molecule has 0 saturated carbocycles. The minimum absolute atomic E-state index is 0.429. The largest absolute Gasteiger partial charge is 0.308 e. The first-order valence-electron chi connectivity index (χ1n) is 5.03. The van der Waals surface area contributed by atoms with Gasteiger partial charge in [-0.05, 0) is 18.4 Å². The Balaban J connectivity index is 2.14. The summed E-state index contributed by atoms with van der Waals surface area (Å²) in [6, 6.07) is 2.52. The van der Waals surface area contributed by atoms with E-state index in [2.05, 4.69) is 43.8 Å². The van der Waals surface area contributed by atoms with Crippen molar-refractivity contribution in [2.75, 3.05) is 6.54 Å². The smallest absolute Gasteiger partial charge is 0.165 e. The maximum atomic E-state index is 4.27.